The molecule has 2 nitrogen and oxygen atoms in total. The molecule has 0 aromatic carbocycles. The number of piperidine rings is 1. The van der Waals surface area contributed by atoms with E-state index in [1.54, 1.807) is 0 Å². The molecule has 0 aromatic rings. The van der Waals surface area contributed by atoms with Crippen LogP contribution in [0.25, 0.3) is 0 Å². The number of rotatable bonds is 3. The van der Waals surface area contributed by atoms with Crippen molar-refractivity contribution in [3.63, 3.8) is 0 Å². The Morgan fingerprint density at radius 1 is 1.50 bits per heavy atom. The van der Waals surface area contributed by atoms with Gasteiger partial charge in [-0.25, -0.2) is 0 Å². The van der Waals surface area contributed by atoms with Gasteiger partial charge < -0.3 is 10.2 Å². The summed E-state index contributed by atoms with van der Waals surface area (Å²) in [7, 11) is 2.20. The third-order valence-electron chi connectivity index (χ3n) is 2.53. The van der Waals surface area contributed by atoms with E-state index in [1.165, 1.54) is 25.9 Å². The summed E-state index contributed by atoms with van der Waals surface area (Å²) in [5.41, 5.74) is 1.09. The highest BCUT2D eigenvalue weighted by Crippen LogP contribution is 2.14. The van der Waals surface area contributed by atoms with Crippen molar-refractivity contribution in [1.82, 2.24) is 10.2 Å². The van der Waals surface area contributed by atoms with Gasteiger partial charge in [0.25, 0.3) is 0 Å². The number of likely N-dealkylation sites (tertiary alicyclic amines) is 1. The second-order valence-electron chi connectivity index (χ2n) is 3.91. The third kappa shape index (κ3) is 3.26. The summed E-state index contributed by atoms with van der Waals surface area (Å²) in [6, 6.07) is 0. The molecule has 0 aromatic heterocycles. The van der Waals surface area contributed by atoms with E-state index in [2.05, 4.69) is 23.8 Å². The zero-order valence-corrected chi connectivity index (χ0v) is 8.27. The van der Waals surface area contributed by atoms with Crippen LogP contribution in [0.5, 0.6) is 0 Å². The summed E-state index contributed by atoms with van der Waals surface area (Å²) in [4.78, 5) is 2.40. The number of hydrogen-bond acceptors (Lipinski definition) is 2. The van der Waals surface area contributed by atoms with Gasteiger partial charge in [0.2, 0.25) is 0 Å². The summed E-state index contributed by atoms with van der Waals surface area (Å²) in [6.45, 7) is 9.48. The Kier molecular flexibility index (Phi) is 3.60. The smallest absolute Gasteiger partial charge is 0.0172 e. The average Bonchev–Trinajstić information content (AvgIpc) is 2.03. The van der Waals surface area contributed by atoms with E-state index in [9.17, 15) is 0 Å². The fourth-order valence-corrected chi connectivity index (χ4v) is 1.58. The Morgan fingerprint density at radius 2 is 2.08 bits per heavy atom. The van der Waals surface area contributed by atoms with Gasteiger partial charge in [-0.2, -0.15) is 0 Å². The maximum Gasteiger partial charge on any atom is 0.0172 e. The predicted molar refractivity (Wildman–Crippen MR) is 53.0 cm³/mol. The van der Waals surface area contributed by atoms with E-state index in [0.717, 1.165) is 18.2 Å². The molecule has 0 amide bonds. The Morgan fingerprint density at radius 3 is 2.58 bits per heavy atom. The SMILES string of the molecule is C=C(C)NCC1CCN(C)CC1. The maximum atomic E-state index is 3.83. The fraction of sp³-hybridized carbons (Fsp3) is 0.800. The van der Waals surface area contributed by atoms with Gasteiger partial charge in [-0.05, 0) is 45.8 Å². The van der Waals surface area contributed by atoms with Crippen molar-refractivity contribution in [1.29, 1.82) is 0 Å². The minimum absolute atomic E-state index is 0.859. The minimum Gasteiger partial charge on any atom is -0.389 e. The zero-order valence-electron chi connectivity index (χ0n) is 8.27. The number of allylic oxidation sites excluding steroid dienone is 1. The molecule has 70 valence electrons. The van der Waals surface area contributed by atoms with Gasteiger partial charge in [-0.1, -0.05) is 6.58 Å². The lowest BCUT2D eigenvalue weighted by molar-refractivity contribution is 0.218. The van der Waals surface area contributed by atoms with Gasteiger partial charge >= 0.3 is 0 Å². The molecule has 2 heteroatoms. The molecule has 0 atom stereocenters. The Hall–Kier alpha value is -0.500. The van der Waals surface area contributed by atoms with Gasteiger partial charge in [0.05, 0.1) is 0 Å². The molecule has 0 spiro atoms. The van der Waals surface area contributed by atoms with Crippen LogP contribution in [0.3, 0.4) is 0 Å². The van der Waals surface area contributed by atoms with Gasteiger partial charge in [0.15, 0.2) is 0 Å². The number of nitrogens with zero attached hydrogens (tertiary/aromatic N) is 1. The molecular weight excluding hydrogens is 148 g/mol. The summed E-state index contributed by atoms with van der Waals surface area (Å²) in [6.07, 6.45) is 2.66. The molecule has 0 unspecified atom stereocenters. The molecule has 1 saturated heterocycles. The standard InChI is InChI=1S/C10H20N2/c1-9(2)11-8-10-4-6-12(3)7-5-10/h10-11H,1,4-8H2,2-3H3. The lowest BCUT2D eigenvalue weighted by atomic mass is 9.97. The number of hydrogen-bond donors (Lipinski definition) is 1. The highest BCUT2D eigenvalue weighted by molar-refractivity contribution is 4.86. The van der Waals surface area contributed by atoms with Gasteiger partial charge in [0.1, 0.15) is 0 Å². The van der Waals surface area contributed by atoms with Crippen LogP contribution in [-0.2, 0) is 0 Å². The summed E-state index contributed by atoms with van der Waals surface area (Å²) < 4.78 is 0. The normalized spacial score (nSPS) is 20.8. The monoisotopic (exact) mass is 168 g/mol. The molecule has 12 heavy (non-hydrogen) atoms. The van der Waals surface area contributed by atoms with Crippen molar-refractivity contribution < 1.29 is 0 Å². The van der Waals surface area contributed by atoms with Crippen LogP contribution in [0, 0.1) is 5.92 Å². The third-order valence-corrected chi connectivity index (χ3v) is 2.53. The van der Waals surface area contributed by atoms with Gasteiger partial charge in [-0.15, -0.1) is 0 Å². The fourth-order valence-electron chi connectivity index (χ4n) is 1.58. The zero-order chi connectivity index (χ0) is 8.97. The van der Waals surface area contributed by atoms with Crippen LogP contribution >= 0.6 is 0 Å². The van der Waals surface area contributed by atoms with E-state index in [0.29, 0.717) is 0 Å². The van der Waals surface area contributed by atoms with Crippen LogP contribution in [0.2, 0.25) is 0 Å². The average molecular weight is 168 g/mol. The van der Waals surface area contributed by atoms with Crippen LogP contribution in [0.1, 0.15) is 19.8 Å². The van der Waals surface area contributed by atoms with Gasteiger partial charge in [0, 0.05) is 12.2 Å². The highest BCUT2D eigenvalue weighted by Gasteiger charge is 2.15. The van der Waals surface area contributed by atoms with E-state index in [1.807, 2.05) is 6.92 Å². The molecule has 0 aliphatic carbocycles. The number of nitrogens with one attached hydrogen (secondary N) is 1. The van der Waals surface area contributed by atoms with E-state index >= 15 is 0 Å². The van der Waals surface area contributed by atoms with E-state index < -0.39 is 0 Å². The molecule has 1 rings (SSSR count). The van der Waals surface area contributed by atoms with E-state index in [4.69, 9.17) is 0 Å². The van der Waals surface area contributed by atoms with Gasteiger partial charge in [-0.3, -0.25) is 0 Å². The topological polar surface area (TPSA) is 15.3 Å². The second kappa shape index (κ2) is 4.51. The first-order chi connectivity index (χ1) is 5.68. The summed E-state index contributed by atoms with van der Waals surface area (Å²) in [5.74, 6) is 0.859. The van der Waals surface area contributed by atoms with Crippen molar-refractivity contribution >= 4 is 0 Å². The molecule has 0 saturated carbocycles. The molecule has 0 radical (unpaired) electrons. The Labute approximate surface area is 75.6 Å². The first-order valence-corrected chi connectivity index (χ1v) is 4.76. The summed E-state index contributed by atoms with van der Waals surface area (Å²) >= 11 is 0. The Balaban J connectivity index is 2.13. The quantitative estimate of drug-likeness (QED) is 0.686. The molecule has 1 heterocycles. The molecule has 1 aliphatic heterocycles. The van der Waals surface area contributed by atoms with Crippen molar-refractivity contribution in [3.8, 4) is 0 Å². The van der Waals surface area contributed by atoms with Crippen molar-refractivity contribution in [2.45, 2.75) is 19.8 Å². The van der Waals surface area contributed by atoms with Crippen LogP contribution < -0.4 is 5.32 Å². The van der Waals surface area contributed by atoms with E-state index in [-0.39, 0.29) is 0 Å². The summed E-state index contributed by atoms with van der Waals surface area (Å²) in [5, 5.41) is 3.32. The van der Waals surface area contributed by atoms with Crippen LogP contribution in [0.4, 0.5) is 0 Å². The molecule has 1 fully saturated rings. The van der Waals surface area contributed by atoms with Crippen LogP contribution in [0.15, 0.2) is 12.3 Å². The lowest BCUT2D eigenvalue weighted by Gasteiger charge is -2.29. The second-order valence-corrected chi connectivity index (χ2v) is 3.91. The molecular formula is C10H20N2. The van der Waals surface area contributed by atoms with Crippen molar-refractivity contribution in [3.05, 3.63) is 12.3 Å². The van der Waals surface area contributed by atoms with Crippen LogP contribution in [-0.4, -0.2) is 31.6 Å². The Bertz CT molecular complexity index is 146. The predicted octanol–water partition coefficient (Wildman–Crippen LogP) is 1.45. The lowest BCUT2D eigenvalue weighted by Crippen LogP contribution is -2.34. The first kappa shape index (κ1) is 9.59. The molecule has 1 N–H and O–H groups in total. The minimum atomic E-state index is 0.859. The first-order valence-electron chi connectivity index (χ1n) is 4.76. The van der Waals surface area contributed by atoms with Crippen molar-refractivity contribution in [2.24, 2.45) is 5.92 Å². The largest absolute Gasteiger partial charge is 0.389 e. The van der Waals surface area contributed by atoms with Crippen molar-refractivity contribution in [2.75, 3.05) is 26.7 Å². The highest BCUT2D eigenvalue weighted by atomic mass is 15.1. The molecule has 1 aliphatic rings. The maximum absolute atomic E-state index is 3.83. The molecule has 0 bridgehead atoms.